The number of rotatable bonds is 4. The van der Waals surface area contributed by atoms with Gasteiger partial charge >= 0.3 is 6.03 Å². The van der Waals surface area contributed by atoms with Crippen LogP contribution in [-0.4, -0.2) is 56.5 Å². The molecular weight excluding hydrogens is 398 g/mol. The first-order chi connectivity index (χ1) is 15.0. The molecule has 3 N–H and O–H groups in total. The van der Waals surface area contributed by atoms with E-state index in [1.54, 1.807) is 29.2 Å². The normalized spacial score (nSPS) is 14.6. The van der Waals surface area contributed by atoms with Gasteiger partial charge in [0, 0.05) is 37.2 Å². The molecule has 31 heavy (non-hydrogen) atoms. The zero-order valence-electron chi connectivity index (χ0n) is 17.2. The summed E-state index contributed by atoms with van der Waals surface area (Å²) in [6.45, 7) is 0.979. The minimum absolute atomic E-state index is 0.0323. The molecule has 1 saturated heterocycles. The van der Waals surface area contributed by atoms with E-state index < -0.39 is 6.03 Å². The number of aromatic hydroxyl groups is 1. The van der Waals surface area contributed by atoms with Crippen molar-refractivity contribution in [2.45, 2.75) is 25.4 Å². The van der Waals surface area contributed by atoms with Gasteiger partial charge in [-0.3, -0.25) is 5.21 Å². The zero-order chi connectivity index (χ0) is 22.0. The fourth-order valence-electron chi connectivity index (χ4n) is 3.81. The molecule has 1 aliphatic rings. The van der Waals surface area contributed by atoms with Gasteiger partial charge in [0.15, 0.2) is 11.7 Å². The van der Waals surface area contributed by atoms with Gasteiger partial charge in [-0.25, -0.2) is 14.8 Å². The Morgan fingerprint density at radius 1 is 1.10 bits per heavy atom. The molecule has 8 nitrogen and oxygen atoms in total. The molecule has 2 heterocycles. The highest BCUT2D eigenvalue weighted by atomic mass is 16.5. The van der Waals surface area contributed by atoms with E-state index in [2.05, 4.69) is 0 Å². The fraction of sp³-hybridized carbons (Fsp3) is 0.304. The van der Waals surface area contributed by atoms with Crippen LogP contribution < -0.4 is 0 Å². The SMILES string of the molecule is CN(O)C(=O)N1CCC(c2nc(-c3ccc(CO)cc3)c(-c3ccc(O)cc3)o2)CC1. The third-order valence-corrected chi connectivity index (χ3v) is 5.57. The summed E-state index contributed by atoms with van der Waals surface area (Å²) >= 11 is 0. The first-order valence-electron chi connectivity index (χ1n) is 10.2. The number of hydroxylamine groups is 2. The number of aliphatic hydroxyl groups is 1. The Bertz CT molecular complexity index is 1040. The second-order valence-corrected chi connectivity index (χ2v) is 7.70. The van der Waals surface area contributed by atoms with Gasteiger partial charge in [-0.05, 0) is 42.7 Å². The van der Waals surface area contributed by atoms with E-state index in [9.17, 15) is 20.2 Å². The molecular formula is C23H25N3O5. The van der Waals surface area contributed by atoms with E-state index in [1.807, 2.05) is 24.3 Å². The number of likely N-dealkylation sites (tertiary alicyclic amines) is 1. The van der Waals surface area contributed by atoms with E-state index in [0.717, 1.165) is 16.7 Å². The van der Waals surface area contributed by atoms with Crippen LogP contribution in [0, 0.1) is 0 Å². The summed E-state index contributed by atoms with van der Waals surface area (Å²) in [6.07, 6.45) is 1.36. The molecule has 162 valence electrons. The van der Waals surface area contributed by atoms with Gasteiger partial charge in [0.1, 0.15) is 11.4 Å². The molecule has 2 aromatic carbocycles. The van der Waals surface area contributed by atoms with Gasteiger partial charge in [0.2, 0.25) is 0 Å². The highest BCUT2D eigenvalue weighted by Gasteiger charge is 2.29. The van der Waals surface area contributed by atoms with E-state index >= 15 is 0 Å². The maximum Gasteiger partial charge on any atom is 0.343 e. The molecule has 2 amide bonds. The topological polar surface area (TPSA) is 110 Å². The van der Waals surface area contributed by atoms with Crippen LogP contribution in [0.4, 0.5) is 4.79 Å². The Labute approximate surface area is 179 Å². The van der Waals surface area contributed by atoms with Crippen LogP contribution in [-0.2, 0) is 6.61 Å². The van der Waals surface area contributed by atoms with Crippen molar-refractivity contribution in [3.05, 3.63) is 60.0 Å². The highest BCUT2D eigenvalue weighted by Crippen LogP contribution is 2.38. The predicted molar refractivity (Wildman–Crippen MR) is 113 cm³/mol. The summed E-state index contributed by atoms with van der Waals surface area (Å²) in [5.74, 6) is 1.44. The molecule has 4 rings (SSSR count). The van der Waals surface area contributed by atoms with Crippen LogP contribution in [0.15, 0.2) is 52.9 Å². The standard InChI is InChI=1S/C23H25N3O5/c1-25(30)23(29)26-12-10-18(11-13-26)22-24-20(16-4-2-15(14-27)3-5-16)21(31-22)17-6-8-19(28)9-7-17/h2-9,18,27-28,30H,10-14H2,1H3. The maximum absolute atomic E-state index is 12.0. The predicted octanol–water partition coefficient (Wildman–Crippen LogP) is 3.83. The van der Waals surface area contributed by atoms with Gasteiger partial charge in [0.05, 0.1) is 6.61 Å². The molecule has 0 spiro atoms. The molecule has 1 aliphatic heterocycles. The van der Waals surface area contributed by atoms with Crippen LogP contribution >= 0.6 is 0 Å². The molecule has 8 heteroatoms. The number of carbonyl (C=O) groups is 1. The van der Waals surface area contributed by atoms with Crippen molar-refractivity contribution in [1.82, 2.24) is 14.9 Å². The van der Waals surface area contributed by atoms with Gasteiger partial charge < -0.3 is 19.5 Å². The van der Waals surface area contributed by atoms with Crippen molar-refractivity contribution in [2.24, 2.45) is 0 Å². The van der Waals surface area contributed by atoms with Gasteiger partial charge in [0.25, 0.3) is 0 Å². The molecule has 0 radical (unpaired) electrons. The summed E-state index contributed by atoms with van der Waals surface area (Å²) in [6, 6.07) is 13.8. The number of phenolic OH excluding ortho intramolecular Hbond substituents is 1. The third-order valence-electron chi connectivity index (χ3n) is 5.57. The van der Waals surface area contributed by atoms with Crippen molar-refractivity contribution in [2.75, 3.05) is 20.1 Å². The number of aliphatic hydroxyl groups excluding tert-OH is 1. The third kappa shape index (κ3) is 4.40. The fourth-order valence-corrected chi connectivity index (χ4v) is 3.81. The number of hydrogen-bond donors (Lipinski definition) is 3. The van der Waals surface area contributed by atoms with Crippen LogP contribution in [0.1, 0.15) is 30.2 Å². The quantitative estimate of drug-likeness (QED) is 0.435. The molecule has 0 unspecified atom stereocenters. The summed E-state index contributed by atoms with van der Waals surface area (Å²) in [5.41, 5.74) is 3.17. The summed E-state index contributed by atoms with van der Waals surface area (Å²) in [5, 5.41) is 28.9. The Hall–Kier alpha value is -3.36. The van der Waals surface area contributed by atoms with Gasteiger partial charge in [-0.1, -0.05) is 24.3 Å². The van der Waals surface area contributed by atoms with Crippen LogP contribution in [0.3, 0.4) is 0 Å². The lowest BCUT2D eigenvalue weighted by Crippen LogP contribution is -2.43. The Kier molecular flexibility index (Phi) is 5.92. The summed E-state index contributed by atoms with van der Waals surface area (Å²) in [4.78, 5) is 18.4. The minimum Gasteiger partial charge on any atom is -0.508 e. The van der Waals surface area contributed by atoms with Crippen molar-refractivity contribution in [3.8, 4) is 28.3 Å². The number of phenols is 1. The van der Waals surface area contributed by atoms with Crippen molar-refractivity contribution >= 4 is 6.03 Å². The monoisotopic (exact) mass is 423 g/mol. The number of urea groups is 1. The number of nitrogens with zero attached hydrogens (tertiary/aromatic N) is 3. The Balaban J connectivity index is 1.65. The smallest absolute Gasteiger partial charge is 0.343 e. The molecule has 1 fully saturated rings. The lowest BCUT2D eigenvalue weighted by Gasteiger charge is -2.31. The molecule has 0 bridgehead atoms. The van der Waals surface area contributed by atoms with E-state index in [1.165, 1.54) is 7.05 Å². The molecule has 0 saturated carbocycles. The first-order valence-corrected chi connectivity index (χ1v) is 10.2. The Morgan fingerprint density at radius 2 is 1.71 bits per heavy atom. The summed E-state index contributed by atoms with van der Waals surface area (Å²) in [7, 11) is 1.32. The van der Waals surface area contributed by atoms with Crippen LogP contribution in [0.5, 0.6) is 5.75 Å². The number of oxazole rings is 1. The lowest BCUT2D eigenvalue weighted by atomic mass is 9.97. The van der Waals surface area contributed by atoms with Crippen molar-refractivity contribution in [3.63, 3.8) is 0 Å². The minimum atomic E-state index is -0.416. The van der Waals surface area contributed by atoms with E-state index in [0.29, 0.717) is 48.3 Å². The number of carbonyl (C=O) groups excluding carboxylic acids is 1. The average molecular weight is 423 g/mol. The molecule has 3 aromatic rings. The lowest BCUT2D eigenvalue weighted by molar-refractivity contribution is -0.0358. The second kappa shape index (κ2) is 8.79. The molecule has 0 atom stereocenters. The largest absolute Gasteiger partial charge is 0.508 e. The number of benzene rings is 2. The second-order valence-electron chi connectivity index (χ2n) is 7.70. The van der Waals surface area contributed by atoms with Gasteiger partial charge in [-0.2, -0.15) is 0 Å². The first kappa shape index (κ1) is 20.9. The molecule has 1 aromatic heterocycles. The van der Waals surface area contributed by atoms with E-state index in [4.69, 9.17) is 9.40 Å². The Morgan fingerprint density at radius 3 is 2.29 bits per heavy atom. The maximum atomic E-state index is 12.0. The zero-order valence-corrected chi connectivity index (χ0v) is 17.2. The molecule has 0 aliphatic carbocycles. The number of aromatic nitrogens is 1. The van der Waals surface area contributed by atoms with Gasteiger partial charge in [-0.15, -0.1) is 0 Å². The number of piperidine rings is 1. The average Bonchev–Trinajstić information content (AvgIpc) is 3.24. The van der Waals surface area contributed by atoms with Crippen molar-refractivity contribution in [1.29, 1.82) is 0 Å². The van der Waals surface area contributed by atoms with Crippen LogP contribution in [0.2, 0.25) is 0 Å². The number of hydrogen-bond acceptors (Lipinski definition) is 6. The van der Waals surface area contributed by atoms with E-state index in [-0.39, 0.29) is 18.3 Å². The summed E-state index contributed by atoms with van der Waals surface area (Å²) < 4.78 is 6.23. The number of amides is 2. The highest BCUT2D eigenvalue weighted by molar-refractivity contribution is 5.77. The van der Waals surface area contributed by atoms with Crippen molar-refractivity contribution < 1.29 is 24.6 Å². The van der Waals surface area contributed by atoms with Crippen LogP contribution in [0.25, 0.3) is 22.6 Å².